The lowest BCUT2D eigenvalue weighted by Crippen LogP contribution is -2.36. The maximum absolute atomic E-state index is 13.1. The summed E-state index contributed by atoms with van der Waals surface area (Å²) in [6.45, 7) is 1.90. The molecule has 0 aliphatic heterocycles. The second kappa shape index (κ2) is 7.08. The van der Waals surface area contributed by atoms with Crippen LogP contribution in [0.3, 0.4) is 0 Å². The summed E-state index contributed by atoms with van der Waals surface area (Å²) in [7, 11) is 0. The van der Waals surface area contributed by atoms with Crippen molar-refractivity contribution in [3.05, 3.63) is 39.7 Å². The molecule has 0 aromatic heterocycles. The topological polar surface area (TPSA) is 72.2 Å². The first-order chi connectivity index (χ1) is 8.99. The molecule has 0 spiro atoms. The molecule has 7 heteroatoms. The van der Waals surface area contributed by atoms with Crippen LogP contribution in [0.25, 0.3) is 0 Å². The van der Waals surface area contributed by atoms with Gasteiger partial charge in [0.2, 0.25) is 0 Å². The maximum atomic E-state index is 13.1. The smallest absolute Gasteiger partial charge is 0.282 e. The Morgan fingerprint density at radius 3 is 2.79 bits per heavy atom. The van der Waals surface area contributed by atoms with Crippen molar-refractivity contribution in [3.8, 4) is 0 Å². The molecular weight excluding hydrogens is 271 g/mol. The predicted octanol–water partition coefficient (Wildman–Crippen LogP) is 2.61. The van der Waals surface area contributed by atoms with Crippen molar-refractivity contribution in [2.45, 2.75) is 19.4 Å². The molecule has 1 amide bonds. The summed E-state index contributed by atoms with van der Waals surface area (Å²) in [4.78, 5) is 22.1. The molecule has 0 bridgehead atoms. The first kappa shape index (κ1) is 15.4. The van der Waals surface area contributed by atoms with E-state index in [1.807, 2.05) is 13.2 Å². The van der Waals surface area contributed by atoms with E-state index in [9.17, 15) is 19.3 Å². The molecule has 0 aliphatic rings. The van der Waals surface area contributed by atoms with Crippen LogP contribution in [0.2, 0.25) is 0 Å². The molecule has 19 heavy (non-hydrogen) atoms. The summed E-state index contributed by atoms with van der Waals surface area (Å²) in [6, 6.07) is 2.76. The van der Waals surface area contributed by atoms with E-state index in [1.54, 1.807) is 11.8 Å². The molecule has 1 N–H and O–H groups in total. The van der Waals surface area contributed by atoms with E-state index in [0.717, 1.165) is 18.2 Å². The summed E-state index contributed by atoms with van der Waals surface area (Å²) >= 11 is 1.56. The number of benzene rings is 1. The highest BCUT2D eigenvalue weighted by atomic mass is 32.2. The fourth-order valence-electron chi connectivity index (χ4n) is 1.58. The van der Waals surface area contributed by atoms with Crippen LogP contribution in [0.4, 0.5) is 10.1 Å². The Morgan fingerprint density at radius 1 is 1.58 bits per heavy atom. The standard InChI is InChI=1S/C12H15FN2O3S/c1-3-9(7-19-2)14-12(16)10-6-8(13)4-5-11(10)15(17)18/h4-6,9H,3,7H2,1-2H3,(H,14,16). The number of nitrogens with one attached hydrogen (secondary N) is 1. The highest BCUT2D eigenvalue weighted by molar-refractivity contribution is 7.98. The van der Waals surface area contributed by atoms with Gasteiger partial charge >= 0.3 is 0 Å². The van der Waals surface area contributed by atoms with Crippen molar-refractivity contribution in [3.63, 3.8) is 0 Å². The summed E-state index contributed by atoms with van der Waals surface area (Å²) < 4.78 is 13.1. The monoisotopic (exact) mass is 286 g/mol. The van der Waals surface area contributed by atoms with Gasteiger partial charge in [0, 0.05) is 17.9 Å². The Bertz CT molecular complexity index is 482. The first-order valence-electron chi connectivity index (χ1n) is 5.73. The van der Waals surface area contributed by atoms with Crippen molar-refractivity contribution in [2.75, 3.05) is 12.0 Å². The number of nitrogens with zero attached hydrogens (tertiary/aromatic N) is 1. The van der Waals surface area contributed by atoms with Gasteiger partial charge in [0.05, 0.1) is 4.92 Å². The number of hydrogen-bond donors (Lipinski definition) is 1. The second-order valence-electron chi connectivity index (χ2n) is 3.95. The van der Waals surface area contributed by atoms with Gasteiger partial charge in [-0.1, -0.05) is 6.92 Å². The normalized spacial score (nSPS) is 11.9. The highest BCUT2D eigenvalue weighted by Gasteiger charge is 2.22. The molecule has 0 radical (unpaired) electrons. The Labute approximate surface area is 114 Å². The van der Waals surface area contributed by atoms with Gasteiger partial charge in [-0.15, -0.1) is 0 Å². The molecule has 1 rings (SSSR count). The van der Waals surface area contributed by atoms with Gasteiger partial charge in [-0.2, -0.15) is 11.8 Å². The molecule has 0 heterocycles. The average molecular weight is 286 g/mol. The van der Waals surface area contributed by atoms with Crippen LogP contribution in [0, 0.1) is 15.9 Å². The zero-order valence-electron chi connectivity index (χ0n) is 10.7. The van der Waals surface area contributed by atoms with E-state index in [4.69, 9.17) is 0 Å². The molecule has 1 aromatic rings. The number of hydrogen-bond acceptors (Lipinski definition) is 4. The van der Waals surface area contributed by atoms with Crippen LogP contribution in [-0.2, 0) is 0 Å². The molecule has 5 nitrogen and oxygen atoms in total. The molecule has 0 aliphatic carbocycles. The Morgan fingerprint density at radius 2 is 2.26 bits per heavy atom. The van der Waals surface area contributed by atoms with E-state index in [-0.39, 0.29) is 11.6 Å². The zero-order chi connectivity index (χ0) is 14.4. The quantitative estimate of drug-likeness (QED) is 0.644. The summed E-state index contributed by atoms with van der Waals surface area (Å²) in [5, 5.41) is 13.5. The minimum atomic E-state index is -0.691. The third kappa shape index (κ3) is 4.20. The van der Waals surface area contributed by atoms with Gasteiger partial charge in [-0.3, -0.25) is 14.9 Å². The molecular formula is C12H15FN2O3S. The first-order valence-corrected chi connectivity index (χ1v) is 7.12. The van der Waals surface area contributed by atoms with Crippen molar-refractivity contribution < 1.29 is 14.1 Å². The van der Waals surface area contributed by atoms with Gasteiger partial charge in [-0.25, -0.2) is 4.39 Å². The van der Waals surface area contributed by atoms with Crippen LogP contribution in [0.1, 0.15) is 23.7 Å². The van der Waals surface area contributed by atoms with Crippen molar-refractivity contribution in [2.24, 2.45) is 0 Å². The van der Waals surface area contributed by atoms with E-state index < -0.39 is 22.3 Å². The van der Waals surface area contributed by atoms with Crippen LogP contribution >= 0.6 is 11.8 Å². The number of carbonyl (C=O) groups excluding carboxylic acids is 1. The van der Waals surface area contributed by atoms with E-state index >= 15 is 0 Å². The number of rotatable bonds is 6. The van der Waals surface area contributed by atoms with Crippen LogP contribution in [0.5, 0.6) is 0 Å². The lowest BCUT2D eigenvalue weighted by molar-refractivity contribution is -0.385. The second-order valence-corrected chi connectivity index (χ2v) is 4.86. The average Bonchev–Trinajstić information content (AvgIpc) is 2.37. The number of amides is 1. The summed E-state index contributed by atoms with van der Waals surface area (Å²) in [5.74, 6) is -0.591. The van der Waals surface area contributed by atoms with Gasteiger partial charge in [0.15, 0.2) is 0 Å². The van der Waals surface area contributed by atoms with Crippen molar-refractivity contribution in [1.82, 2.24) is 5.32 Å². The fraction of sp³-hybridized carbons (Fsp3) is 0.417. The summed E-state index contributed by atoms with van der Waals surface area (Å²) in [6.07, 6.45) is 2.61. The van der Waals surface area contributed by atoms with Gasteiger partial charge < -0.3 is 5.32 Å². The lowest BCUT2D eigenvalue weighted by atomic mass is 10.1. The minimum Gasteiger partial charge on any atom is -0.348 e. The Kier molecular flexibility index (Phi) is 5.75. The highest BCUT2D eigenvalue weighted by Crippen LogP contribution is 2.19. The minimum absolute atomic E-state index is 0.0922. The fourth-order valence-corrected chi connectivity index (χ4v) is 2.30. The molecule has 1 aromatic carbocycles. The predicted molar refractivity (Wildman–Crippen MR) is 73.0 cm³/mol. The van der Waals surface area contributed by atoms with Gasteiger partial charge in [-0.05, 0) is 24.8 Å². The molecule has 0 fully saturated rings. The molecule has 104 valence electrons. The lowest BCUT2D eigenvalue weighted by Gasteiger charge is -2.15. The van der Waals surface area contributed by atoms with Crippen LogP contribution < -0.4 is 5.32 Å². The van der Waals surface area contributed by atoms with E-state index in [2.05, 4.69) is 5.32 Å². The van der Waals surface area contributed by atoms with Crippen molar-refractivity contribution in [1.29, 1.82) is 0 Å². The van der Waals surface area contributed by atoms with Gasteiger partial charge in [0.1, 0.15) is 11.4 Å². The Hall–Kier alpha value is -1.63. The number of carbonyl (C=O) groups is 1. The number of nitro groups is 1. The molecule has 1 atom stereocenters. The van der Waals surface area contributed by atoms with Gasteiger partial charge in [0.25, 0.3) is 11.6 Å². The van der Waals surface area contributed by atoms with E-state index in [0.29, 0.717) is 12.2 Å². The molecule has 0 saturated carbocycles. The van der Waals surface area contributed by atoms with E-state index in [1.165, 1.54) is 0 Å². The van der Waals surface area contributed by atoms with Crippen LogP contribution in [0.15, 0.2) is 18.2 Å². The van der Waals surface area contributed by atoms with Crippen LogP contribution in [-0.4, -0.2) is 28.9 Å². The third-order valence-electron chi connectivity index (χ3n) is 2.60. The SMILES string of the molecule is CCC(CSC)NC(=O)c1cc(F)ccc1[N+](=O)[O-]. The molecule has 1 unspecified atom stereocenters. The number of halogens is 1. The maximum Gasteiger partial charge on any atom is 0.282 e. The number of thioether (sulfide) groups is 1. The van der Waals surface area contributed by atoms with Crippen molar-refractivity contribution >= 4 is 23.4 Å². The Balaban J connectivity index is 2.98. The third-order valence-corrected chi connectivity index (χ3v) is 3.33. The largest absolute Gasteiger partial charge is 0.348 e. The summed E-state index contributed by atoms with van der Waals surface area (Å²) in [5.41, 5.74) is -0.637. The molecule has 0 saturated heterocycles. The number of nitro benzene ring substituents is 1. The zero-order valence-corrected chi connectivity index (χ0v) is 11.5.